The van der Waals surface area contributed by atoms with E-state index in [9.17, 15) is 18.4 Å². The quantitative estimate of drug-likeness (QED) is 0.711. The lowest BCUT2D eigenvalue weighted by Crippen LogP contribution is -2.39. The maximum absolute atomic E-state index is 13.8. The molecule has 8 heteroatoms. The molecule has 2 aromatic carbocycles. The molecule has 0 bridgehead atoms. The van der Waals surface area contributed by atoms with E-state index in [0.29, 0.717) is 17.5 Å². The standard InChI is InChI=1S/C22H25F2N3O2S/c1-26(2)20(28)13-30-19-7-5-4-6-15(19)22(29)25-18-10-11-27(3)21(18)14-8-9-16(23)17(24)12-14/h4-9,12,18,21H,10-11,13H2,1-3H3,(H,25,29). The highest BCUT2D eigenvalue weighted by Crippen LogP contribution is 2.32. The van der Waals surface area contributed by atoms with Crippen molar-refractivity contribution in [3.8, 4) is 0 Å². The van der Waals surface area contributed by atoms with Gasteiger partial charge in [0, 0.05) is 25.5 Å². The molecule has 3 rings (SSSR count). The summed E-state index contributed by atoms with van der Waals surface area (Å²) in [6, 6.07) is 10.5. The summed E-state index contributed by atoms with van der Waals surface area (Å²) in [6.07, 6.45) is 0.695. The molecule has 2 amide bonds. The number of carbonyl (C=O) groups excluding carboxylic acids is 2. The number of thioether (sulfide) groups is 1. The highest BCUT2D eigenvalue weighted by Gasteiger charge is 2.35. The molecule has 1 aliphatic heterocycles. The fourth-order valence-electron chi connectivity index (χ4n) is 3.58. The molecule has 2 atom stereocenters. The number of carbonyl (C=O) groups is 2. The van der Waals surface area contributed by atoms with E-state index in [-0.39, 0.29) is 29.7 Å². The molecule has 5 nitrogen and oxygen atoms in total. The lowest BCUT2D eigenvalue weighted by atomic mass is 9.99. The average molecular weight is 434 g/mol. The minimum Gasteiger partial charge on any atom is -0.348 e. The first-order valence-electron chi connectivity index (χ1n) is 9.66. The van der Waals surface area contributed by atoms with Crippen LogP contribution in [0.5, 0.6) is 0 Å². The van der Waals surface area contributed by atoms with E-state index in [1.54, 1.807) is 32.3 Å². The van der Waals surface area contributed by atoms with Crippen LogP contribution in [0.2, 0.25) is 0 Å². The summed E-state index contributed by atoms with van der Waals surface area (Å²) in [6.45, 7) is 0.725. The SMILES string of the molecule is CN(C)C(=O)CSc1ccccc1C(=O)NC1CCN(C)C1c1ccc(F)c(F)c1. The van der Waals surface area contributed by atoms with Crippen LogP contribution in [0.4, 0.5) is 8.78 Å². The van der Waals surface area contributed by atoms with E-state index in [1.165, 1.54) is 22.7 Å². The van der Waals surface area contributed by atoms with Gasteiger partial charge in [-0.15, -0.1) is 11.8 Å². The summed E-state index contributed by atoms with van der Waals surface area (Å²) in [5.41, 5.74) is 1.12. The van der Waals surface area contributed by atoms with Gasteiger partial charge in [-0.2, -0.15) is 0 Å². The van der Waals surface area contributed by atoms with Crippen LogP contribution >= 0.6 is 11.8 Å². The van der Waals surface area contributed by atoms with E-state index < -0.39 is 11.6 Å². The summed E-state index contributed by atoms with van der Waals surface area (Å²) in [5.74, 6) is -1.83. The zero-order valence-corrected chi connectivity index (χ0v) is 18.0. The molecular weight excluding hydrogens is 408 g/mol. The average Bonchev–Trinajstić information content (AvgIpc) is 3.08. The van der Waals surface area contributed by atoms with Gasteiger partial charge in [-0.1, -0.05) is 18.2 Å². The number of likely N-dealkylation sites (N-methyl/N-ethyl adjacent to an activating group) is 1. The van der Waals surface area contributed by atoms with Crippen molar-refractivity contribution in [1.29, 1.82) is 0 Å². The Balaban J connectivity index is 1.76. The number of nitrogens with zero attached hydrogens (tertiary/aromatic N) is 2. The Hall–Kier alpha value is -2.45. The molecule has 1 heterocycles. The van der Waals surface area contributed by atoms with Crippen molar-refractivity contribution in [3.63, 3.8) is 0 Å². The Labute approximate surface area is 179 Å². The number of amides is 2. The second-order valence-electron chi connectivity index (χ2n) is 7.54. The molecule has 0 aromatic heterocycles. The number of halogens is 2. The highest BCUT2D eigenvalue weighted by molar-refractivity contribution is 8.00. The number of rotatable bonds is 6. The summed E-state index contributed by atoms with van der Waals surface area (Å²) < 4.78 is 27.1. The van der Waals surface area contributed by atoms with Crippen molar-refractivity contribution >= 4 is 23.6 Å². The predicted molar refractivity (Wildman–Crippen MR) is 113 cm³/mol. The third kappa shape index (κ3) is 4.99. The molecule has 0 aliphatic carbocycles. The van der Waals surface area contributed by atoms with Crippen molar-refractivity contribution in [3.05, 3.63) is 65.2 Å². The van der Waals surface area contributed by atoms with Crippen molar-refractivity contribution < 1.29 is 18.4 Å². The van der Waals surface area contributed by atoms with Gasteiger partial charge in [0.05, 0.1) is 23.4 Å². The van der Waals surface area contributed by atoms with Crippen molar-refractivity contribution in [1.82, 2.24) is 15.1 Å². The number of hydrogen-bond acceptors (Lipinski definition) is 4. The van der Waals surface area contributed by atoms with Crippen LogP contribution in [0.15, 0.2) is 47.4 Å². The van der Waals surface area contributed by atoms with E-state index in [1.807, 2.05) is 24.1 Å². The molecule has 1 fully saturated rings. The minimum atomic E-state index is -0.898. The molecule has 0 spiro atoms. The first-order chi connectivity index (χ1) is 14.3. The van der Waals surface area contributed by atoms with Crippen molar-refractivity contribution in [2.45, 2.75) is 23.4 Å². The van der Waals surface area contributed by atoms with Crippen molar-refractivity contribution in [2.24, 2.45) is 0 Å². The van der Waals surface area contributed by atoms with Crippen LogP contribution in [-0.4, -0.2) is 61.1 Å². The molecular formula is C22H25F2N3O2S. The normalized spacial score (nSPS) is 19.0. The van der Waals surface area contributed by atoms with Gasteiger partial charge in [0.25, 0.3) is 5.91 Å². The Morgan fingerprint density at radius 1 is 1.17 bits per heavy atom. The fraction of sp³-hybridized carbons (Fsp3) is 0.364. The summed E-state index contributed by atoms with van der Waals surface area (Å²) in [4.78, 5) is 29.2. The van der Waals surface area contributed by atoms with Crippen LogP contribution < -0.4 is 5.32 Å². The van der Waals surface area contributed by atoms with Gasteiger partial charge in [0.2, 0.25) is 5.91 Å². The Bertz CT molecular complexity index is 938. The molecule has 1 N–H and O–H groups in total. The van der Waals surface area contributed by atoms with E-state index in [2.05, 4.69) is 5.32 Å². The van der Waals surface area contributed by atoms with E-state index in [0.717, 1.165) is 17.5 Å². The van der Waals surface area contributed by atoms with Crippen LogP contribution in [0, 0.1) is 11.6 Å². The third-order valence-corrected chi connectivity index (χ3v) is 6.29. The first-order valence-corrected chi connectivity index (χ1v) is 10.6. The zero-order valence-electron chi connectivity index (χ0n) is 17.2. The van der Waals surface area contributed by atoms with Gasteiger partial charge in [-0.3, -0.25) is 14.5 Å². The minimum absolute atomic E-state index is 0.0361. The van der Waals surface area contributed by atoms with Crippen molar-refractivity contribution in [2.75, 3.05) is 33.4 Å². The molecule has 2 unspecified atom stereocenters. The second kappa shape index (κ2) is 9.57. The van der Waals surface area contributed by atoms with Gasteiger partial charge in [0.15, 0.2) is 11.6 Å². The largest absolute Gasteiger partial charge is 0.348 e. The summed E-state index contributed by atoms with van der Waals surface area (Å²) >= 11 is 1.32. The van der Waals surface area contributed by atoms with Gasteiger partial charge >= 0.3 is 0 Å². The van der Waals surface area contributed by atoms with Gasteiger partial charge in [-0.05, 0) is 43.3 Å². The number of hydrogen-bond donors (Lipinski definition) is 1. The Kier molecular flexibility index (Phi) is 7.10. The lowest BCUT2D eigenvalue weighted by Gasteiger charge is -2.26. The van der Waals surface area contributed by atoms with E-state index >= 15 is 0 Å². The monoisotopic (exact) mass is 433 g/mol. The molecule has 1 saturated heterocycles. The van der Waals surface area contributed by atoms with Crippen LogP contribution in [-0.2, 0) is 4.79 Å². The Morgan fingerprint density at radius 2 is 1.90 bits per heavy atom. The second-order valence-corrected chi connectivity index (χ2v) is 8.56. The predicted octanol–water partition coefficient (Wildman–Crippen LogP) is 3.32. The molecule has 2 aromatic rings. The summed E-state index contributed by atoms with van der Waals surface area (Å²) in [5, 5.41) is 3.05. The first kappa shape index (κ1) is 22.2. The van der Waals surface area contributed by atoms with Crippen LogP contribution in [0.1, 0.15) is 28.4 Å². The topological polar surface area (TPSA) is 52.7 Å². The number of likely N-dealkylation sites (tertiary alicyclic amines) is 1. The van der Waals surface area contributed by atoms with Gasteiger partial charge < -0.3 is 10.2 Å². The fourth-order valence-corrected chi connectivity index (χ4v) is 4.60. The lowest BCUT2D eigenvalue weighted by molar-refractivity contribution is -0.125. The maximum Gasteiger partial charge on any atom is 0.252 e. The maximum atomic E-state index is 13.8. The van der Waals surface area contributed by atoms with Crippen LogP contribution in [0.3, 0.4) is 0 Å². The molecule has 1 aliphatic rings. The smallest absolute Gasteiger partial charge is 0.252 e. The number of benzene rings is 2. The van der Waals surface area contributed by atoms with E-state index in [4.69, 9.17) is 0 Å². The van der Waals surface area contributed by atoms with Crippen LogP contribution in [0.25, 0.3) is 0 Å². The molecule has 0 saturated carbocycles. The molecule has 30 heavy (non-hydrogen) atoms. The third-order valence-electron chi connectivity index (χ3n) is 5.23. The van der Waals surface area contributed by atoms with Gasteiger partial charge in [-0.25, -0.2) is 8.78 Å². The van der Waals surface area contributed by atoms with Gasteiger partial charge in [0.1, 0.15) is 0 Å². The zero-order chi connectivity index (χ0) is 21.8. The molecule has 0 radical (unpaired) electrons. The number of nitrogens with one attached hydrogen (secondary N) is 1. The molecule has 160 valence electrons. The Morgan fingerprint density at radius 3 is 2.60 bits per heavy atom. The summed E-state index contributed by atoms with van der Waals surface area (Å²) in [7, 11) is 5.28. The highest BCUT2D eigenvalue weighted by atomic mass is 32.2.